The van der Waals surface area contributed by atoms with E-state index in [4.69, 9.17) is 0 Å². The lowest BCUT2D eigenvalue weighted by Gasteiger charge is -2.53. The van der Waals surface area contributed by atoms with Crippen LogP contribution in [-0.2, 0) is 0 Å². The first-order valence-corrected chi connectivity index (χ1v) is 8.62. The van der Waals surface area contributed by atoms with Crippen molar-refractivity contribution in [3.05, 3.63) is 0 Å². The second-order valence-electron chi connectivity index (χ2n) is 8.99. The van der Waals surface area contributed by atoms with Crippen LogP contribution in [0, 0.1) is 17.3 Å². The highest BCUT2D eigenvalue weighted by atomic mass is 15.1. The van der Waals surface area contributed by atoms with Crippen LogP contribution >= 0.6 is 0 Å². The van der Waals surface area contributed by atoms with Crippen molar-refractivity contribution in [3.8, 4) is 0 Å². The molecule has 0 spiro atoms. The summed E-state index contributed by atoms with van der Waals surface area (Å²) in [5, 5.41) is 7.38. The van der Waals surface area contributed by atoms with Crippen molar-refractivity contribution in [3.63, 3.8) is 0 Å². The van der Waals surface area contributed by atoms with Crippen molar-refractivity contribution in [2.24, 2.45) is 17.3 Å². The quantitative estimate of drug-likeness (QED) is 0.814. The molecule has 0 radical (unpaired) electrons. The SMILES string of the molecule is CNCC(C)(C)NC1(C)CCC(C)(C)C2CCC1CC2. The van der Waals surface area contributed by atoms with Gasteiger partial charge in [-0.05, 0) is 83.6 Å². The number of nitrogens with one attached hydrogen (secondary N) is 2. The van der Waals surface area contributed by atoms with Gasteiger partial charge >= 0.3 is 0 Å². The van der Waals surface area contributed by atoms with Crippen molar-refractivity contribution >= 4 is 0 Å². The lowest BCUT2D eigenvalue weighted by atomic mass is 9.58. The van der Waals surface area contributed by atoms with Gasteiger partial charge in [0, 0.05) is 17.6 Å². The maximum atomic E-state index is 4.04. The molecular weight excluding hydrogens is 244 g/mol. The van der Waals surface area contributed by atoms with Gasteiger partial charge in [-0.2, -0.15) is 0 Å². The highest BCUT2D eigenvalue weighted by Gasteiger charge is 2.45. The Morgan fingerprint density at radius 2 is 1.50 bits per heavy atom. The van der Waals surface area contributed by atoms with E-state index >= 15 is 0 Å². The van der Waals surface area contributed by atoms with Gasteiger partial charge in [-0.25, -0.2) is 0 Å². The average molecular weight is 280 g/mol. The molecule has 20 heavy (non-hydrogen) atoms. The molecular formula is C18H36N2. The van der Waals surface area contributed by atoms with Crippen LogP contribution in [0.4, 0.5) is 0 Å². The summed E-state index contributed by atoms with van der Waals surface area (Å²) in [5.41, 5.74) is 1.01. The minimum atomic E-state index is 0.170. The molecule has 0 aliphatic heterocycles. The van der Waals surface area contributed by atoms with E-state index in [0.717, 1.165) is 18.4 Å². The molecule has 0 aromatic heterocycles. The number of rotatable bonds is 4. The Balaban J connectivity index is 2.16. The van der Waals surface area contributed by atoms with Crippen LogP contribution < -0.4 is 10.6 Å². The molecule has 2 bridgehead atoms. The second kappa shape index (κ2) is 5.61. The molecule has 0 saturated heterocycles. The topological polar surface area (TPSA) is 24.1 Å². The minimum Gasteiger partial charge on any atom is -0.318 e. The zero-order valence-electron chi connectivity index (χ0n) is 14.6. The molecule has 2 heteroatoms. The fourth-order valence-corrected chi connectivity index (χ4v) is 4.93. The highest BCUT2D eigenvalue weighted by molar-refractivity contribution is 5.02. The third-order valence-electron chi connectivity index (χ3n) is 6.26. The van der Waals surface area contributed by atoms with Crippen LogP contribution in [0.3, 0.4) is 0 Å². The summed E-state index contributed by atoms with van der Waals surface area (Å²) in [6.45, 7) is 13.2. The van der Waals surface area contributed by atoms with Crippen molar-refractivity contribution in [1.29, 1.82) is 0 Å². The summed E-state index contributed by atoms with van der Waals surface area (Å²) in [7, 11) is 2.05. The first kappa shape index (κ1) is 16.3. The van der Waals surface area contributed by atoms with Crippen molar-refractivity contribution < 1.29 is 0 Å². The van der Waals surface area contributed by atoms with Crippen LogP contribution in [0.1, 0.15) is 73.1 Å². The van der Waals surface area contributed by atoms with Crippen molar-refractivity contribution in [2.75, 3.05) is 13.6 Å². The molecule has 0 aromatic rings. The van der Waals surface area contributed by atoms with Gasteiger partial charge in [0.25, 0.3) is 0 Å². The molecule has 3 rings (SSSR count). The van der Waals surface area contributed by atoms with Crippen LogP contribution in [-0.4, -0.2) is 24.7 Å². The maximum Gasteiger partial charge on any atom is 0.0254 e. The molecule has 0 amide bonds. The monoisotopic (exact) mass is 280 g/mol. The standard InChI is InChI=1S/C18H36N2/c1-16(2)11-12-18(5,20-17(3,4)13-19-6)15-9-7-14(16)8-10-15/h14-15,19-20H,7-13H2,1-6H3. The molecule has 3 saturated carbocycles. The predicted octanol–water partition coefficient (Wildman–Crippen LogP) is 3.96. The van der Waals surface area contributed by atoms with Crippen molar-refractivity contribution in [2.45, 2.75) is 84.2 Å². The van der Waals surface area contributed by atoms with E-state index in [9.17, 15) is 0 Å². The number of hydrogen-bond acceptors (Lipinski definition) is 2. The fraction of sp³-hybridized carbons (Fsp3) is 1.00. The van der Waals surface area contributed by atoms with Gasteiger partial charge in [0.1, 0.15) is 0 Å². The predicted molar refractivity (Wildman–Crippen MR) is 88.0 cm³/mol. The van der Waals surface area contributed by atoms with Crippen LogP contribution in [0.15, 0.2) is 0 Å². The number of fused-ring (bicyclic) bond motifs is 5. The van der Waals surface area contributed by atoms with Gasteiger partial charge in [-0.15, -0.1) is 0 Å². The third-order valence-corrected chi connectivity index (χ3v) is 6.26. The maximum absolute atomic E-state index is 4.04. The van der Waals surface area contributed by atoms with E-state index in [1.54, 1.807) is 0 Å². The van der Waals surface area contributed by atoms with Crippen molar-refractivity contribution in [1.82, 2.24) is 10.6 Å². The normalized spacial score (nSPS) is 37.5. The Bertz CT molecular complexity index is 326. The smallest absolute Gasteiger partial charge is 0.0254 e. The minimum absolute atomic E-state index is 0.170. The largest absolute Gasteiger partial charge is 0.318 e. The fourth-order valence-electron chi connectivity index (χ4n) is 4.93. The summed E-state index contributed by atoms with van der Waals surface area (Å²) < 4.78 is 0. The Hall–Kier alpha value is -0.0800. The number of hydrogen-bond donors (Lipinski definition) is 2. The Labute approximate surface area is 126 Å². The summed E-state index contributed by atoms with van der Waals surface area (Å²) in [5.74, 6) is 1.83. The molecule has 3 aliphatic rings. The van der Waals surface area contributed by atoms with E-state index in [1.807, 2.05) is 0 Å². The van der Waals surface area contributed by atoms with E-state index in [2.05, 4.69) is 52.3 Å². The summed E-state index contributed by atoms with van der Waals surface area (Å²) in [4.78, 5) is 0. The Morgan fingerprint density at radius 1 is 0.950 bits per heavy atom. The number of likely N-dealkylation sites (N-methyl/N-ethyl adjacent to an activating group) is 1. The van der Waals surface area contributed by atoms with Crippen LogP contribution in [0.5, 0.6) is 0 Å². The second-order valence-corrected chi connectivity index (χ2v) is 8.99. The average Bonchev–Trinajstić information content (AvgIpc) is 2.35. The molecule has 2 nitrogen and oxygen atoms in total. The molecule has 0 aromatic carbocycles. The van der Waals surface area contributed by atoms with Gasteiger partial charge in [0.2, 0.25) is 0 Å². The van der Waals surface area contributed by atoms with Gasteiger partial charge in [0.05, 0.1) is 0 Å². The summed E-state index contributed by atoms with van der Waals surface area (Å²) in [6, 6.07) is 0. The van der Waals surface area contributed by atoms with E-state index in [-0.39, 0.29) is 5.54 Å². The van der Waals surface area contributed by atoms with Gasteiger partial charge < -0.3 is 10.6 Å². The molecule has 2 N–H and O–H groups in total. The van der Waals surface area contributed by atoms with Gasteiger partial charge in [-0.3, -0.25) is 0 Å². The first-order valence-electron chi connectivity index (χ1n) is 8.62. The van der Waals surface area contributed by atoms with Gasteiger partial charge in [-0.1, -0.05) is 13.8 Å². The van der Waals surface area contributed by atoms with E-state index in [0.29, 0.717) is 11.0 Å². The highest BCUT2D eigenvalue weighted by Crippen LogP contribution is 2.50. The molecule has 118 valence electrons. The lowest BCUT2D eigenvalue weighted by molar-refractivity contribution is 0.0220. The third kappa shape index (κ3) is 3.39. The Kier molecular flexibility index (Phi) is 4.57. The Morgan fingerprint density at radius 3 is 2.05 bits per heavy atom. The lowest BCUT2D eigenvalue weighted by Crippen LogP contribution is -2.62. The van der Waals surface area contributed by atoms with E-state index in [1.165, 1.54) is 38.5 Å². The van der Waals surface area contributed by atoms with Gasteiger partial charge in [0.15, 0.2) is 0 Å². The zero-order chi connectivity index (χ0) is 15.0. The van der Waals surface area contributed by atoms with Crippen LogP contribution in [0.2, 0.25) is 0 Å². The first-order chi connectivity index (χ1) is 9.19. The summed E-state index contributed by atoms with van der Waals surface area (Å²) >= 11 is 0. The molecule has 1 atom stereocenters. The molecule has 0 heterocycles. The van der Waals surface area contributed by atoms with E-state index < -0.39 is 0 Å². The van der Waals surface area contributed by atoms with Crippen LogP contribution in [0.25, 0.3) is 0 Å². The molecule has 3 fully saturated rings. The molecule has 3 aliphatic carbocycles. The zero-order valence-corrected chi connectivity index (χ0v) is 14.6. The molecule has 1 unspecified atom stereocenters. The summed E-state index contributed by atoms with van der Waals surface area (Å²) in [6.07, 6.45) is 8.44.